The lowest BCUT2D eigenvalue weighted by molar-refractivity contribution is 0.102. The van der Waals surface area contributed by atoms with Gasteiger partial charge in [-0.1, -0.05) is 53.1 Å². The highest BCUT2D eigenvalue weighted by Gasteiger charge is 2.27. The van der Waals surface area contributed by atoms with Gasteiger partial charge >= 0.3 is 6.03 Å². The molecule has 1 aliphatic rings. The normalized spacial score (nSPS) is 13.9. The fraction of sp³-hybridized carbons (Fsp3) is 0.231. The van der Waals surface area contributed by atoms with Crippen LogP contribution in [0.1, 0.15) is 33.5 Å². The number of rotatable bonds is 5. The van der Waals surface area contributed by atoms with Gasteiger partial charge in [0.15, 0.2) is 0 Å². The molecule has 1 saturated heterocycles. The molecule has 0 spiro atoms. The number of benzene rings is 3. The van der Waals surface area contributed by atoms with Gasteiger partial charge in [-0.3, -0.25) is 9.69 Å². The van der Waals surface area contributed by atoms with Crippen molar-refractivity contribution >= 4 is 34.9 Å². The molecule has 1 N–H and O–H groups in total. The molecular formula is C26H26ClN3O2. The Bertz CT molecular complexity index is 1120. The minimum Gasteiger partial charge on any atom is -0.322 e. The van der Waals surface area contributed by atoms with Gasteiger partial charge in [-0.2, -0.15) is 0 Å². The summed E-state index contributed by atoms with van der Waals surface area (Å²) in [6, 6.07) is 20.7. The van der Waals surface area contributed by atoms with Crippen LogP contribution < -0.4 is 10.2 Å². The lowest BCUT2D eigenvalue weighted by Gasteiger charge is -2.36. The molecule has 32 heavy (non-hydrogen) atoms. The number of nitrogens with one attached hydrogen (secondary N) is 1. The number of carbonyl (C=O) groups is 2. The van der Waals surface area contributed by atoms with E-state index >= 15 is 0 Å². The van der Waals surface area contributed by atoms with Crippen molar-refractivity contribution in [1.29, 1.82) is 0 Å². The van der Waals surface area contributed by atoms with E-state index < -0.39 is 0 Å². The zero-order valence-corrected chi connectivity index (χ0v) is 19.0. The highest BCUT2D eigenvalue weighted by Crippen LogP contribution is 2.24. The van der Waals surface area contributed by atoms with Crippen molar-refractivity contribution in [2.75, 3.05) is 23.3 Å². The Labute approximate surface area is 193 Å². The van der Waals surface area contributed by atoms with E-state index in [1.807, 2.05) is 17.0 Å². The summed E-state index contributed by atoms with van der Waals surface area (Å²) in [4.78, 5) is 29.3. The minimum atomic E-state index is -0.267. The summed E-state index contributed by atoms with van der Waals surface area (Å²) in [6.45, 7) is 6.17. The molecule has 3 aromatic rings. The van der Waals surface area contributed by atoms with E-state index in [1.165, 1.54) is 11.1 Å². The molecule has 1 fully saturated rings. The summed E-state index contributed by atoms with van der Waals surface area (Å²) < 4.78 is 0. The van der Waals surface area contributed by atoms with E-state index in [2.05, 4.69) is 37.4 Å². The van der Waals surface area contributed by atoms with Crippen molar-refractivity contribution in [3.8, 4) is 0 Å². The summed E-state index contributed by atoms with van der Waals surface area (Å²) >= 11 is 6.11. The third kappa shape index (κ3) is 4.94. The molecule has 3 amide bonds. The Hall–Kier alpha value is -3.31. The van der Waals surface area contributed by atoms with Crippen LogP contribution in [0.15, 0.2) is 66.7 Å². The molecule has 5 nitrogen and oxygen atoms in total. The number of amides is 3. The Morgan fingerprint density at radius 1 is 0.969 bits per heavy atom. The highest BCUT2D eigenvalue weighted by molar-refractivity contribution is 6.34. The number of urea groups is 1. The summed E-state index contributed by atoms with van der Waals surface area (Å²) in [5, 5.41) is 3.26. The fourth-order valence-electron chi connectivity index (χ4n) is 4.12. The van der Waals surface area contributed by atoms with Gasteiger partial charge in [-0.05, 0) is 62.2 Å². The Balaban J connectivity index is 1.44. The van der Waals surface area contributed by atoms with Crippen LogP contribution in [0.5, 0.6) is 0 Å². The third-order valence-electron chi connectivity index (χ3n) is 5.52. The first kappa shape index (κ1) is 21.9. The molecule has 0 radical (unpaired) electrons. The molecule has 3 aromatic carbocycles. The van der Waals surface area contributed by atoms with Crippen molar-refractivity contribution in [3.05, 3.63) is 94.0 Å². The second-order valence-electron chi connectivity index (χ2n) is 8.19. The van der Waals surface area contributed by atoms with Crippen molar-refractivity contribution in [1.82, 2.24) is 4.90 Å². The first-order chi connectivity index (χ1) is 15.4. The fourth-order valence-corrected chi connectivity index (χ4v) is 4.34. The number of hydrogen-bond acceptors (Lipinski definition) is 2. The van der Waals surface area contributed by atoms with Crippen LogP contribution in [0.4, 0.5) is 16.2 Å². The quantitative estimate of drug-likeness (QED) is 0.518. The molecule has 1 heterocycles. The molecule has 0 aliphatic carbocycles. The molecule has 164 valence electrons. The first-order valence-electron chi connectivity index (χ1n) is 10.7. The maximum absolute atomic E-state index is 13.2. The van der Waals surface area contributed by atoms with Crippen molar-refractivity contribution < 1.29 is 9.59 Å². The summed E-state index contributed by atoms with van der Waals surface area (Å²) in [7, 11) is 0. The topological polar surface area (TPSA) is 52.6 Å². The van der Waals surface area contributed by atoms with Gasteiger partial charge in [0.05, 0.1) is 10.6 Å². The number of aryl methyl sites for hydroxylation is 2. The van der Waals surface area contributed by atoms with Crippen molar-refractivity contribution in [3.63, 3.8) is 0 Å². The van der Waals surface area contributed by atoms with Crippen LogP contribution in [0.25, 0.3) is 0 Å². The van der Waals surface area contributed by atoms with Crippen molar-refractivity contribution in [2.45, 2.75) is 26.8 Å². The van der Waals surface area contributed by atoms with E-state index in [-0.39, 0.29) is 11.9 Å². The largest absolute Gasteiger partial charge is 0.324 e. The van der Waals surface area contributed by atoms with Crippen LogP contribution in [-0.4, -0.2) is 29.9 Å². The van der Waals surface area contributed by atoms with Crippen LogP contribution in [0, 0.1) is 13.8 Å². The average molecular weight is 448 g/mol. The first-order valence-corrected chi connectivity index (χ1v) is 11.1. The number of anilines is 2. The van der Waals surface area contributed by atoms with Gasteiger partial charge in [0.25, 0.3) is 5.91 Å². The maximum Gasteiger partial charge on any atom is 0.324 e. The Morgan fingerprint density at radius 2 is 1.66 bits per heavy atom. The monoisotopic (exact) mass is 447 g/mol. The lowest BCUT2D eigenvalue weighted by Crippen LogP contribution is -2.49. The summed E-state index contributed by atoms with van der Waals surface area (Å²) in [5.74, 6) is -0.267. The van der Waals surface area contributed by atoms with Crippen molar-refractivity contribution in [2.24, 2.45) is 0 Å². The second-order valence-corrected chi connectivity index (χ2v) is 8.59. The number of nitrogens with zero attached hydrogens (tertiary/aromatic N) is 2. The molecule has 6 heteroatoms. The van der Waals surface area contributed by atoms with E-state index in [9.17, 15) is 9.59 Å². The molecule has 4 rings (SSSR count). The maximum atomic E-state index is 13.2. The number of hydrogen-bond donors (Lipinski definition) is 1. The van der Waals surface area contributed by atoms with Gasteiger partial charge in [0.1, 0.15) is 0 Å². The van der Waals surface area contributed by atoms with Crippen LogP contribution in [0.3, 0.4) is 0 Å². The second kappa shape index (κ2) is 9.45. The van der Waals surface area contributed by atoms with Gasteiger partial charge in [-0.25, -0.2) is 4.79 Å². The van der Waals surface area contributed by atoms with Crippen LogP contribution in [0.2, 0.25) is 5.02 Å². The van der Waals surface area contributed by atoms with Gasteiger partial charge in [0, 0.05) is 31.0 Å². The predicted molar refractivity (Wildman–Crippen MR) is 130 cm³/mol. The van der Waals surface area contributed by atoms with Gasteiger partial charge in [-0.15, -0.1) is 0 Å². The molecule has 0 saturated carbocycles. The molecule has 0 atom stereocenters. The lowest BCUT2D eigenvalue weighted by atomic mass is 10.1. The molecular weight excluding hydrogens is 422 g/mol. The number of halogens is 1. The SMILES string of the molecule is Cc1cc(C)cc(CN2CCCN(c3ccc(NC(=O)c4ccccc4Cl)cc3)C2=O)c1. The third-order valence-corrected chi connectivity index (χ3v) is 5.85. The van der Waals surface area contributed by atoms with E-state index in [0.717, 1.165) is 24.2 Å². The Kier molecular flexibility index (Phi) is 6.47. The van der Waals surface area contributed by atoms with E-state index in [0.29, 0.717) is 29.4 Å². The Morgan fingerprint density at radius 3 is 2.34 bits per heavy atom. The van der Waals surface area contributed by atoms with E-state index in [1.54, 1.807) is 41.3 Å². The van der Waals surface area contributed by atoms with Gasteiger partial charge < -0.3 is 10.2 Å². The summed E-state index contributed by atoms with van der Waals surface area (Å²) in [6.07, 6.45) is 0.904. The van der Waals surface area contributed by atoms with Crippen LogP contribution in [-0.2, 0) is 6.54 Å². The summed E-state index contributed by atoms with van der Waals surface area (Å²) in [5.41, 5.74) is 5.44. The molecule has 0 bridgehead atoms. The van der Waals surface area contributed by atoms with E-state index in [4.69, 9.17) is 11.6 Å². The highest BCUT2D eigenvalue weighted by atomic mass is 35.5. The van der Waals surface area contributed by atoms with Gasteiger partial charge in [0.2, 0.25) is 0 Å². The predicted octanol–water partition coefficient (Wildman–Crippen LogP) is 6.04. The number of carbonyl (C=O) groups excluding carboxylic acids is 2. The molecule has 0 unspecified atom stereocenters. The zero-order valence-electron chi connectivity index (χ0n) is 18.3. The minimum absolute atomic E-state index is 0.00302. The zero-order chi connectivity index (χ0) is 22.7. The molecule has 1 aliphatic heterocycles. The smallest absolute Gasteiger partial charge is 0.322 e. The standard InChI is InChI=1S/C26H26ClN3O2/c1-18-14-19(2)16-20(15-18)17-29-12-5-13-30(26(29)32)22-10-8-21(9-11-22)28-25(31)23-6-3-4-7-24(23)27/h3-4,6-11,14-16H,5,12-13,17H2,1-2H3,(H,28,31). The molecule has 0 aromatic heterocycles. The van der Waals surface area contributed by atoms with Crippen LogP contribution >= 0.6 is 11.6 Å². The average Bonchev–Trinajstić information content (AvgIpc) is 2.75.